The summed E-state index contributed by atoms with van der Waals surface area (Å²) >= 11 is 0. The van der Waals surface area contributed by atoms with Gasteiger partial charge in [0.1, 0.15) is 0 Å². The minimum atomic E-state index is -0.545. The molecule has 0 aliphatic carbocycles. The number of anilines is 1. The third-order valence-corrected chi connectivity index (χ3v) is 3.61. The fourth-order valence-electron chi connectivity index (χ4n) is 2.08. The number of nitrogens with zero attached hydrogens (tertiary/aromatic N) is 3. The Kier molecular flexibility index (Phi) is 7.49. The van der Waals surface area contributed by atoms with E-state index in [1.807, 2.05) is 38.1 Å². The van der Waals surface area contributed by atoms with Gasteiger partial charge < -0.3 is 4.42 Å². The van der Waals surface area contributed by atoms with Crippen LogP contribution < -0.4 is 10.7 Å². The highest BCUT2D eigenvalue weighted by molar-refractivity contribution is 5.87. The molecule has 0 aliphatic rings. The zero-order valence-electron chi connectivity index (χ0n) is 16.1. The molecule has 7 heteroatoms. The van der Waals surface area contributed by atoms with Crippen molar-refractivity contribution in [3.63, 3.8) is 0 Å². The molecule has 1 aromatic carbocycles. The maximum Gasteiger partial charge on any atom is 0.343 e. The van der Waals surface area contributed by atoms with Gasteiger partial charge in [0.2, 0.25) is 5.89 Å². The molecule has 0 aliphatic heterocycles. The summed E-state index contributed by atoms with van der Waals surface area (Å²) in [5.41, 5.74) is 6.76. The number of carbonyl (C=O) groups is 1. The van der Waals surface area contributed by atoms with Gasteiger partial charge in [-0.25, -0.2) is 10.2 Å². The zero-order chi connectivity index (χ0) is 19.6. The monoisotopic (exact) mass is 367 g/mol. The molecule has 0 fully saturated rings. The number of benzene rings is 1. The number of allylic oxidation sites excluding steroid dienone is 4. The van der Waals surface area contributed by atoms with Crippen molar-refractivity contribution >= 4 is 18.3 Å². The van der Waals surface area contributed by atoms with Gasteiger partial charge in [-0.2, -0.15) is 5.10 Å². The first-order valence-corrected chi connectivity index (χ1v) is 8.72. The number of hydrogen-bond donors (Lipinski definition) is 2. The van der Waals surface area contributed by atoms with Crippen LogP contribution in [0.15, 0.2) is 57.1 Å². The number of hydrogen-bond acceptors (Lipinski definition) is 5. The Bertz CT molecular complexity index is 844. The van der Waals surface area contributed by atoms with E-state index in [-0.39, 0.29) is 6.01 Å². The maximum absolute atomic E-state index is 11.8. The first-order chi connectivity index (χ1) is 12.9. The highest BCUT2D eigenvalue weighted by Crippen LogP contribution is 2.19. The molecule has 7 nitrogen and oxygen atoms in total. The van der Waals surface area contributed by atoms with E-state index in [0.29, 0.717) is 12.3 Å². The van der Waals surface area contributed by atoms with Gasteiger partial charge in [-0.15, -0.1) is 5.10 Å². The van der Waals surface area contributed by atoms with Crippen LogP contribution in [0.1, 0.15) is 39.2 Å². The quantitative estimate of drug-likeness (QED) is 0.416. The van der Waals surface area contributed by atoms with E-state index in [4.69, 9.17) is 4.42 Å². The second-order valence-corrected chi connectivity index (χ2v) is 6.43. The Morgan fingerprint density at radius 3 is 2.59 bits per heavy atom. The second kappa shape index (κ2) is 10.1. The molecule has 0 spiro atoms. The molecule has 2 amide bonds. The van der Waals surface area contributed by atoms with Crippen molar-refractivity contribution in [2.45, 2.75) is 40.5 Å². The van der Waals surface area contributed by atoms with Gasteiger partial charge in [0.05, 0.1) is 0 Å². The van der Waals surface area contributed by atoms with E-state index in [0.717, 1.165) is 17.5 Å². The summed E-state index contributed by atoms with van der Waals surface area (Å²) in [4.78, 5) is 11.8. The van der Waals surface area contributed by atoms with E-state index in [1.54, 1.807) is 6.21 Å². The Morgan fingerprint density at radius 2 is 1.89 bits per heavy atom. The summed E-state index contributed by atoms with van der Waals surface area (Å²) < 4.78 is 5.43. The second-order valence-electron chi connectivity index (χ2n) is 6.43. The average Bonchev–Trinajstić information content (AvgIpc) is 3.07. The largest absolute Gasteiger partial charge is 0.403 e. The van der Waals surface area contributed by atoms with Crippen molar-refractivity contribution in [2.75, 3.05) is 5.32 Å². The first-order valence-electron chi connectivity index (χ1n) is 8.72. The fraction of sp³-hybridized carbons (Fsp3) is 0.300. The predicted octanol–water partition coefficient (Wildman–Crippen LogP) is 4.85. The topological polar surface area (TPSA) is 92.4 Å². The molecule has 0 radical (unpaired) electrons. The molecule has 1 heterocycles. The fourth-order valence-corrected chi connectivity index (χ4v) is 2.08. The van der Waals surface area contributed by atoms with Crippen molar-refractivity contribution < 1.29 is 9.21 Å². The Balaban J connectivity index is 1.79. The lowest BCUT2D eigenvalue weighted by Gasteiger charge is -1.99. The molecule has 2 N–H and O–H groups in total. The van der Waals surface area contributed by atoms with Crippen molar-refractivity contribution in [1.82, 2.24) is 15.6 Å². The van der Waals surface area contributed by atoms with Gasteiger partial charge in [0.25, 0.3) is 0 Å². The number of aryl methyl sites for hydroxylation is 1. The number of amides is 2. The van der Waals surface area contributed by atoms with Crippen LogP contribution in [0.2, 0.25) is 0 Å². The summed E-state index contributed by atoms with van der Waals surface area (Å²) in [5.74, 6) is 0.339. The number of aromatic nitrogens is 2. The molecule has 142 valence electrons. The van der Waals surface area contributed by atoms with Crippen LogP contribution in [0.4, 0.5) is 10.8 Å². The number of rotatable bonds is 7. The third kappa shape index (κ3) is 7.27. The van der Waals surface area contributed by atoms with Crippen LogP contribution in [-0.2, 0) is 0 Å². The van der Waals surface area contributed by atoms with Crippen molar-refractivity contribution in [2.24, 2.45) is 5.10 Å². The molecule has 2 rings (SSSR count). The zero-order valence-corrected chi connectivity index (χ0v) is 16.1. The molecular formula is C20H25N5O2. The number of carbonyl (C=O) groups excluding carboxylic acids is 1. The SMILES string of the molecule is CC(C)=CC/C=C(/C)C/C=N/NC(=O)Nc1nnc(-c2ccc(C)cc2)o1. The standard InChI is InChI=1S/C20H25N5O2/c1-14(2)6-5-7-15(3)12-13-21-24-19(26)22-20-25-23-18(27-20)17-10-8-16(4)9-11-17/h6-11,13H,5,12H2,1-4H3,(H2,22,24,25,26)/b15-7-,21-13+. The van der Waals surface area contributed by atoms with E-state index in [9.17, 15) is 4.79 Å². The Morgan fingerprint density at radius 1 is 1.15 bits per heavy atom. The van der Waals surface area contributed by atoms with Crippen molar-refractivity contribution in [1.29, 1.82) is 0 Å². The summed E-state index contributed by atoms with van der Waals surface area (Å²) in [7, 11) is 0. The lowest BCUT2D eigenvalue weighted by Crippen LogP contribution is -2.24. The van der Waals surface area contributed by atoms with Gasteiger partial charge in [0.15, 0.2) is 0 Å². The summed E-state index contributed by atoms with van der Waals surface area (Å²) in [6, 6.07) is 7.12. The van der Waals surface area contributed by atoms with E-state index in [2.05, 4.69) is 52.0 Å². The number of urea groups is 1. The Labute approximate surface area is 159 Å². The highest BCUT2D eigenvalue weighted by Gasteiger charge is 2.10. The molecule has 27 heavy (non-hydrogen) atoms. The van der Waals surface area contributed by atoms with Crippen LogP contribution in [0.25, 0.3) is 11.5 Å². The summed E-state index contributed by atoms with van der Waals surface area (Å²) in [6.07, 6.45) is 7.48. The van der Waals surface area contributed by atoms with Crippen molar-refractivity contribution in [3.05, 3.63) is 53.1 Å². The van der Waals surface area contributed by atoms with Gasteiger partial charge in [-0.05, 0) is 46.2 Å². The Hall–Kier alpha value is -3.22. The van der Waals surface area contributed by atoms with E-state index in [1.165, 1.54) is 11.1 Å². The first kappa shape index (κ1) is 20.1. The van der Waals surface area contributed by atoms with E-state index < -0.39 is 6.03 Å². The van der Waals surface area contributed by atoms with Crippen LogP contribution >= 0.6 is 0 Å². The summed E-state index contributed by atoms with van der Waals surface area (Å²) in [5, 5.41) is 14.1. The molecule has 0 bridgehead atoms. The molecule has 0 unspecified atom stereocenters. The normalized spacial score (nSPS) is 11.5. The molecular weight excluding hydrogens is 342 g/mol. The lowest BCUT2D eigenvalue weighted by molar-refractivity contribution is 0.252. The number of nitrogens with one attached hydrogen (secondary N) is 2. The molecule has 1 aromatic heterocycles. The van der Waals surface area contributed by atoms with Crippen molar-refractivity contribution in [3.8, 4) is 11.5 Å². The van der Waals surface area contributed by atoms with Gasteiger partial charge in [-0.1, -0.05) is 46.1 Å². The lowest BCUT2D eigenvalue weighted by atomic mass is 10.1. The predicted molar refractivity (Wildman–Crippen MR) is 108 cm³/mol. The summed E-state index contributed by atoms with van der Waals surface area (Å²) in [6.45, 7) is 8.16. The minimum absolute atomic E-state index is 0.0103. The van der Waals surface area contributed by atoms with E-state index >= 15 is 0 Å². The van der Waals surface area contributed by atoms with Crippen LogP contribution in [0.5, 0.6) is 0 Å². The van der Waals surface area contributed by atoms with Gasteiger partial charge in [0, 0.05) is 18.2 Å². The maximum atomic E-state index is 11.8. The number of hydrazone groups is 1. The smallest absolute Gasteiger partial charge is 0.343 e. The average molecular weight is 367 g/mol. The minimum Gasteiger partial charge on any atom is -0.403 e. The molecule has 0 saturated carbocycles. The third-order valence-electron chi connectivity index (χ3n) is 3.61. The van der Waals surface area contributed by atoms with Gasteiger partial charge in [-0.3, -0.25) is 5.32 Å². The van der Waals surface area contributed by atoms with Crippen LogP contribution in [0, 0.1) is 6.92 Å². The van der Waals surface area contributed by atoms with Crippen LogP contribution in [0.3, 0.4) is 0 Å². The molecule has 0 atom stereocenters. The van der Waals surface area contributed by atoms with Gasteiger partial charge >= 0.3 is 12.0 Å². The molecule has 2 aromatic rings. The molecule has 0 saturated heterocycles. The highest BCUT2D eigenvalue weighted by atomic mass is 16.4. The van der Waals surface area contributed by atoms with Crippen LogP contribution in [-0.4, -0.2) is 22.4 Å².